The molecule has 0 unspecified atom stereocenters. The number of hydrogen-bond acceptors (Lipinski definition) is 6. The highest BCUT2D eigenvalue weighted by atomic mass is 32.2. The molecule has 0 radical (unpaired) electrons. The van der Waals surface area contributed by atoms with Gasteiger partial charge in [-0.15, -0.1) is 0 Å². The van der Waals surface area contributed by atoms with Crippen LogP contribution in [-0.2, 0) is 21.4 Å². The molecule has 9 nitrogen and oxygen atoms in total. The Bertz CT molecular complexity index is 1140. The van der Waals surface area contributed by atoms with Crippen molar-refractivity contribution in [3.63, 3.8) is 0 Å². The number of hydrogen-bond donors (Lipinski definition) is 0. The summed E-state index contributed by atoms with van der Waals surface area (Å²) in [4.78, 5) is 27.2. The number of benzene rings is 2. The van der Waals surface area contributed by atoms with Crippen molar-refractivity contribution in [2.75, 3.05) is 39.3 Å². The lowest BCUT2D eigenvalue weighted by molar-refractivity contribution is -0.384. The lowest BCUT2D eigenvalue weighted by Crippen LogP contribution is -2.51. The predicted molar refractivity (Wildman–Crippen MR) is 123 cm³/mol. The van der Waals surface area contributed by atoms with Gasteiger partial charge in [0.2, 0.25) is 15.9 Å². The number of nitro benzene ring substituents is 1. The van der Waals surface area contributed by atoms with E-state index in [1.807, 2.05) is 11.0 Å². The first-order chi connectivity index (χ1) is 16.3. The van der Waals surface area contributed by atoms with Gasteiger partial charge in [-0.25, -0.2) is 12.8 Å². The fraction of sp³-hybridized carbons (Fsp3) is 0.435. The summed E-state index contributed by atoms with van der Waals surface area (Å²) in [5, 5.41) is 10.8. The predicted octanol–water partition coefficient (Wildman–Crippen LogP) is 2.48. The van der Waals surface area contributed by atoms with Crippen molar-refractivity contribution in [1.29, 1.82) is 0 Å². The zero-order chi connectivity index (χ0) is 24.3. The SMILES string of the molecule is O=C(C1CCN(S(=O)(=O)c2ccc([N+](=O)[O-])cc2)CC1)N1CCN(Cc2ccccc2F)CC1. The van der Waals surface area contributed by atoms with Gasteiger partial charge < -0.3 is 4.90 Å². The van der Waals surface area contributed by atoms with Crippen molar-refractivity contribution >= 4 is 21.6 Å². The van der Waals surface area contributed by atoms with Crippen molar-refractivity contribution in [2.45, 2.75) is 24.3 Å². The Morgan fingerprint density at radius 2 is 1.59 bits per heavy atom. The minimum absolute atomic E-state index is 0.00820. The Morgan fingerprint density at radius 3 is 2.18 bits per heavy atom. The molecule has 0 bridgehead atoms. The van der Waals surface area contributed by atoms with E-state index in [4.69, 9.17) is 0 Å². The smallest absolute Gasteiger partial charge is 0.269 e. The Labute approximate surface area is 198 Å². The normalized spacial score (nSPS) is 18.7. The summed E-state index contributed by atoms with van der Waals surface area (Å²) >= 11 is 0. The van der Waals surface area contributed by atoms with Crippen molar-refractivity contribution in [2.24, 2.45) is 5.92 Å². The minimum Gasteiger partial charge on any atom is -0.340 e. The van der Waals surface area contributed by atoms with Gasteiger partial charge >= 0.3 is 0 Å². The summed E-state index contributed by atoms with van der Waals surface area (Å²) < 4.78 is 41.0. The van der Waals surface area contributed by atoms with E-state index in [0.29, 0.717) is 51.1 Å². The first-order valence-corrected chi connectivity index (χ1v) is 12.7. The molecule has 34 heavy (non-hydrogen) atoms. The third-order valence-electron chi connectivity index (χ3n) is 6.52. The van der Waals surface area contributed by atoms with Crippen molar-refractivity contribution in [3.05, 3.63) is 70.0 Å². The molecule has 2 aliphatic heterocycles. The highest BCUT2D eigenvalue weighted by molar-refractivity contribution is 7.89. The molecule has 4 rings (SSSR count). The number of piperazine rings is 1. The molecule has 0 N–H and O–H groups in total. The van der Waals surface area contributed by atoms with Crippen LogP contribution in [0.2, 0.25) is 0 Å². The highest BCUT2D eigenvalue weighted by Gasteiger charge is 2.34. The van der Waals surface area contributed by atoms with Crippen LogP contribution in [-0.4, -0.2) is 72.6 Å². The highest BCUT2D eigenvalue weighted by Crippen LogP contribution is 2.26. The first-order valence-electron chi connectivity index (χ1n) is 11.2. The Kier molecular flexibility index (Phi) is 7.24. The maximum absolute atomic E-state index is 13.9. The van der Waals surface area contributed by atoms with E-state index in [9.17, 15) is 27.7 Å². The summed E-state index contributed by atoms with van der Waals surface area (Å²) in [6.45, 7) is 3.41. The number of halogens is 1. The summed E-state index contributed by atoms with van der Waals surface area (Å²) in [5.74, 6) is -0.421. The average Bonchev–Trinajstić information content (AvgIpc) is 2.85. The molecule has 0 atom stereocenters. The number of carbonyl (C=O) groups is 1. The third kappa shape index (κ3) is 5.26. The number of nitro groups is 1. The summed E-state index contributed by atoms with van der Waals surface area (Å²) in [5.41, 5.74) is 0.473. The number of rotatable bonds is 6. The number of piperidine rings is 1. The van der Waals surface area contributed by atoms with Crippen LogP contribution in [0.1, 0.15) is 18.4 Å². The van der Waals surface area contributed by atoms with Crippen LogP contribution in [0.15, 0.2) is 53.4 Å². The first kappa shape index (κ1) is 24.2. The van der Waals surface area contributed by atoms with E-state index in [0.717, 1.165) is 0 Å². The van der Waals surface area contributed by atoms with Crippen LogP contribution in [0.4, 0.5) is 10.1 Å². The summed E-state index contributed by atoms with van der Waals surface area (Å²) in [6, 6.07) is 11.5. The second-order valence-corrected chi connectivity index (χ2v) is 10.6. The number of sulfonamides is 1. The monoisotopic (exact) mass is 490 g/mol. The topological polar surface area (TPSA) is 104 Å². The maximum Gasteiger partial charge on any atom is 0.269 e. The zero-order valence-corrected chi connectivity index (χ0v) is 19.5. The van der Waals surface area contributed by atoms with Crippen LogP contribution >= 0.6 is 0 Å². The second-order valence-electron chi connectivity index (χ2n) is 8.62. The van der Waals surface area contributed by atoms with Gasteiger partial charge in [-0.2, -0.15) is 4.31 Å². The minimum atomic E-state index is -3.77. The van der Waals surface area contributed by atoms with E-state index in [-0.39, 0.29) is 41.3 Å². The maximum atomic E-state index is 13.9. The van der Waals surface area contributed by atoms with E-state index < -0.39 is 14.9 Å². The van der Waals surface area contributed by atoms with Gasteiger partial charge in [-0.05, 0) is 31.0 Å². The molecule has 0 aromatic heterocycles. The molecule has 2 aromatic carbocycles. The molecular formula is C23H27FN4O5S. The number of nitrogens with zero attached hydrogens (tertiary/aromatic N) is 4. The van der Waals surface area contributed by atoms with Gasteiger partial charge in [0.05, 0.1) is 9.82 Å². The van der Waals surface area contributed by atoms with E-state index >= 15 is 0 Å². The van der Waals surface area contributed by atoms with Gasteiger partial charge in [0.1, 0.15) is 5.82 Å². The average molecular weight is 491 g/mol. The lowest BCUT2D eigenvalue weighted by Gasteiger charge is -2.38. The lowest BCUT2D eigenvalue weighted by atomic mass is 9.96. The molecule has 182 valence electrons. The summed E-state index contributed by atoms with van der Waals surface area (Å²) in [6.07, 6.45) is 0.862. The van der Waals surface area contributed by atoms with Crippen molar-refractivity contribution in [3.8, 4) is 0 Å². The number of carbonyl (C=O) groups excluding carboxylic acids is 1. The molecule has 1 amide bonds. The molecule has 2 fully saturated rings. The third-order valence-corrected chi connectivity index (χ3v) is 8.44. The Balaban J connectivity index is 1.28. The molecule has 0 saturated carbocycles. The van der Waals surface area contributed by atoms with Crippen LogP contribution in [0.3, 0.4) is 0 Å². The van der Waals surface area contributed by atoms with Gasteiger partial charge in [0.25, 0.3) is 5.69 Å². The van der Waals surface area contributed by atoms with Crippen LogP contribution < -0.4 is 0 Å². The molecule has 2 saturated heterocycles. The van der Waals surface area contributed by atoms with Crippen molar-refractivity contribution in [1.82, 2.24) is 14.1 Å². The molecule has 2 aromatic rings. The van der Waals surface area contributed by atoms with Gasteiger partial charge in [0.15, 0.2) is 0 Å². The Hall–Kier alpha value is -2.89. The molecular weight excluding hydrogens is 463 g/mol. The summed E-state index contributed by atoms with van der Waals surface area (Å²) in [7, 11) is -3.77. The van der Waals surface area contributed by atoms with E-state index in [1.54, 1.807) is 12.1 Å². The second kappa shape index (κ2) is 10.2. The van der Waals surface area contributed by atoms with E-state index in [1.165, 1.54) is 34.6 Å². The van der Waals surface area contributed by atoms with Gasteiger partial charge in [-0.1, -0.05) is 18.2 Å². The molecule has 2 aliphatic rings. The molecule has 0 aliphatic carbocycles. The zero-order valence-electron chi connectivity index (χ0n) is 18.7. The standard InChI is InChI=1S/C23H27FN4O5S/c24-22-4-2-1-3-19(22)17-25-13-15-26(16-14-25)23(29)18-9-11-27(12-10-18)34(32,33)21-7-5-20(6-8-21)28(30)31/h1-8,18H,9-17H2. The largest absolute Gasteiger partial charge is 0.340 e. The van der Waals surface area contributed by atoms with Gasteiger partial charge in [-0.3, -0.25) is 19.8 Å². The fourth-order valence-corrected chi connectivity index (χ4v) is 5.95. The quantitative estimate of drug-likeness (QED) is 0.455. The van der Waals surface area contributed by atoms with Crippen LogP contribution in [0, 0.1) is 21.8 Å². The van der Waals surface area contributed by atoms with Crippen LogP contribution in [0.25, 0.3) is 0 Å². The molecule has 0 spiro atoms. The van der Waals surface area contributed by atoms with E-state index in [2.05, 4.69) is 4.90 Å². The molecule has 11 heteroatoms. The Morgan fingerprint density at radius 1 is 0.971 bits per heavy atom. The number of non-ortho nitro benzene ring substituents is 1. The van der Waals surface area contributed by atoms with Gasteiger partial charge in [0, 0.05) is 69.4 Å². The fourth-order valence-electron chi connectivity index (χ4n) is 4.48. The molecule has 2 heterocycles. The number of amides is 1. The van der Waals surface area contributed by atoms with Crippen LogP contribution in [0.5, 0.6) is 0 Å². The van der Waals surface area contributed by atoms with Crippen molar-refractivity contribution < 1.29 is 22.5 Å².